The summed E-state index contributed by atoms with van der Waals surface area (Å²) in [6, 6.07) is 2.33. The Bertz CT molecular complexity index is 986. The third kappa shape index (κ3) is 4.83. The fraction of sp³-hybridized carbons (Fsp3) is 0.727. The average molecular weight is 436 g/mol. The van der Waals surface area contributed by atoms with E-state index in [0.717, 1.165) is 16.3 Å². The van der Waals surface area contributed by atoms with Gasteiger partial charge in [0.05, 0.1) is 17.2 Å². The molecule has 0 aromatic carbocycles. The first-order valence-corrected chi connectivity index (χ1v) is 13.4. The zero-order valence-corrected chi connectivity index (χ0v) is 19.7. The van der Waals surface area contributed by atoms with Crippen molar-refractivity contribution in [2.45, 2.75) is 84.2 Å². The first-order chi connectivity index (χ1) is 13.5. The number of aryl methyl sites for hydroxylation is 1. The minimum atomic E-state index is -2.86. The van der Waals surface area contributed by atoms with Gasteiger partial charge in [0.25, 0.3) is 0 Å². The van der Waals surface area contributed by atoms with Crippen molar-refractivity contribution in [1.82, 2.24) is 15.3 Å². The van der Waals surface area contributed by atoms with Crippen molar-refractivity contribution in [2.24, 2.45) is 5.41 Å². The van der Waals surface area contributed by atoms with Crippen molar-refractivity contribution in [1.29, 1.82) is 0 Å². The van der Waals surface area contributed by atoms with Gasteiger partial charge in [-0.05, 0) is 69.8 Å². The van der Waals surface area contributed by atoms with Gasteiger partial charge < -0.3 is 5.32 Å². The zero-order chi connectivity index (χ0) is 20.9. The summed E-state index contributed by atoms with van der Waals surface area (Å²) in [4.78, 5) is 12.0. The van der Waals surface area contributed by atoms with Gasteiger partial charge in [-0.25, -0.2) is 18.4 Å². The van der Waals surface area contributed by atoms with Crippen LogP contribution in [-0.2, 0) is 16.4 Å². The summed E-state index contributed by atoms with van der Waals surface area (Å²) in [5, 5.41) is 4.79. The minimum absolute atomic E-state index is 0.149. The highest BCUT2D eigenvalue weighted by molar-refractivity contribution is 7.91. The smallest absolute Gasteiger partial charge is 0.150 e. The van der Waals surface area contributed by atoms with Gasteiger partial charge in [-0.15, -0.1) is 11.3 Å². The second kappa shape index (κ2) is 7.57. The average Bonchev–Trinajstić information content (AvgIpc) is 3.06. The molecule has 1 saturated carbocycles. The number of sulfone groups is 1. The van der Waals surface area contributed by atoms with E-state index in [1.54, 1.807) is 0 Å². The summed E-state index contributed by atoms with van der Waals surface area (Å²) in [7, 11) is -2.86. The van der Waals surface area contributed by atoms with Crippen molar-refractivity contribution in [3.05, 3.63) is 22.5 Å². The highest BCUT2D eigenvalue weighted by Gasteiger charge is 2.33. The summed E-state index contributed by atoms with van der Waals surface area (Å²) in [6.45, 7) is 9.51. The van der Waals surface area contributed by atoms with E-state index < -0.39 is 9.84 Å². The van der Waals surface area contributed by atoms with Gasteiger partial charge >= 0.3 is 0 Å². The van der Waals surface area contributed by atoms with Crippen molar-refractivity contribution in [2.75, 3.05) is 11.5 Å². The van der Waals surface area contributed by atoms with Gasteiger partial charge in [0.1, 0.15) is 20.5 Å². The number of aromatic nitrogens is 2. The van der Waals surface area contributed by atoms with E-state index in [9.17, 15) is 8.42 Å². The Morgan fingerprint density at radius 2 is 1.76 bits per heavy atom. The van der Waals surface area contributed by atoms with E-state index in [2.05, 4.69) is 32.2 Å². The van der Waals surface area contributed by atoms with Crippen LogP contribution in [0.3, 0.4) is 0 Å². The van der Waals surface area contributed by atoms with Gasteiger partial charge in [-0.1, -0.05) is 13.8 Å². The van der Waals surface area contributed by atoms with E-state index in [4.69, 9.17) is 9.97 Å². The molecule has 5 nitrogen and oxygen atoms in total. The van der Waals surface area contributed by atoms with Crippen LogP contribution < -0.4 is 5.32 Å². The van der Waals surface area contributed by atoms with E-state index >= 15 is 0 Å². The van der Waals surface area contributed by atoms with Crippen LogP contribution >= 0.6 is 11.3 Å². The molecule has 2 aromatic heterocycles. The lowest BCUT2D eigenvalue weighted by atomic mass is 9.73. The number of thiophene rings is 1. The van der Waals surface area contributed by atoms with E-state index in [1.165, 1.54) is 35.9 Å². The molecule has 0 unspecified atom stereocenters. The third-order valence-corrected chi connectivity index (χ3v) is 9.80. The Labute approximate surface area is 178 Å². The Balaban J connectivity index is 1.53. The largest absolute Gasteiger partial charge is 0.306 e. The maximum atomic E-state index is 11.8. The maximum absolute atomic E-state index is 11.8. The normalized spacial score (nSPS) is 24.0. The molecule has 160 valence electrons. The SMILES string of the molecule is Cc1nc(CNC2(C)CCS(=O)(=O)CC2)c2cc(C3CCC(C)(C)CC3)sc2n1. The predicted molar refractivity (Wildman–Crippen MR) is 120 cm³/mol. The zero-order valence-electron chi connectivity index (χ0n) is 18.0. The summed E-state index contributed by atoms with van der Waals surface area (Å²) < 4.78 is 23.6. The molecule has 0 spiro atoms. The number of rotatable bonds is 4. The Morgan fingerprint density at radius 3 is 2.41 bits per heavy atom. The predicted octanol–water partition coefficient (Wildman–Crippen LogP) is 4.74. The lowest BCUT2D eigenvalue weighted by Gasteiger charge is -2.34. The van der Waals surface area contributed by atoms with Gasteiger partial charge in [0.15, 0.2) is 0 Å². The van der Waals surface area contributed by atoms with Crippen molar-refractivity contribution < 1.29 is 8.42 Å². The Morgan fingerprint density at radius 1 is 1.10 bits per heavy atom. The number of hydrogen-bond acceptors (Lipinski definition) is 6. The van der Waals surface area contributed by atoms with Gasteiger partial charge in [0.2, 0.25) is 0 Å². The van der Waals surface area contributed by atoms with E-state index in [0.29, 0.717) is 30.7 Å². The van der Waals surface area contributed by atoms with Crippen LogP contribution in [0, 0.1) is 12.3 Å². The minimum Gasteiger partial charge on any atom is -0.306 e. The molecule has 1 saturated heterocycles. The molecule has 0 amide bonds. The molecule has 0 bridgehead atoms. The molecule has 2 fully saturated rings. The first kappa shape index (κ1) is 21.2. The van der Waals surface area contributed by atoms with Crippen LogP contribution in [-0.4, -0.2) is 35.4 Å². The molecule has 0 atom stereocenters. The third-order valence-electron chi connectivity index (χ3n) is 6.96. The van der Waals surface area contributed by atoms with Crippen LogP contribution in [0.25, 0.3) is 10.2 Å². The van der Waals surface area contributed by atoms with Crippen molar-refractivity contribution in [3.8, 4) is 0 Å². The van der Waals surface area contributed by atoms with Crippen LogP contribution in [0.2, 0.25) is 0 Å². The van der Waals surface area contributed by atoms with Crippen LogP contribution in [0.15, 0.2) is 6.07 Å². The number of nitrogens with one attached hydrogen (secondary N) is 1. The summed E-state index contributed by atoms with van der Waals surface area (Å²) in [6.07, 6.45) is 6.40. The second-order valence-corrected chi connectivity index (χ2v) is 13.5. The fourth-order valence-electron chi connectivity index (χ4n) is 4.60. The Kier molecular flexibility index (Phi) is 5.53. The molecular weight excluding hydrogens is 402 g/mol. The Hall–Kier alpha value is -1.05. The molecule has 1 aliphatic heterocycles. The fourth-order valence-corrected chi connectivity index (χ4v) is 7.59. The molecule has 2 aliphatic rings. The first-order valence-electron chi connectivity index (χ1n) is 10.8. The molecule has 29 heavy (non-hydrogen) atoms. The molecule has 1 N–H and O–H groups in total. The summed E-state index contributed by atoms with van der Waals surface area (Å²) >= 11 is 1.83. The van der Waals surface area contributed by atoms with Crippen LogP contribution in [0.5, 0.6) is 0 Å². The molecule has 0 radical (unpaired) electrons. The van der Waals surface area contributed by atoms with E-state index in [1.807, 2.05) is 18.3 Å². The number of nitrogens with zero attached hydrogens (tertiary/aromatic N) is 2. The van der Waals surface area contributed by atoms with E-state index in [-0.39, 0.29) is 17.0 Å². The molecule has 2 aromatic rings. The van der Waals surface area contributed by atoms with Gasteiger partial charge in [-0.2, -0.15) is 0 Å². The van der Waals surface area contributed by atoms with Gasteiger partial charge in [-0.3, -0.25) is 0 Å². The van der Waals surface area contributed by atoms with Crippen molar-refractivity contribution >= 4 is 31.4 Å². The van der Waals surface area contributed by atoms with Crippen LogP contribution in [0.1, 0.15) is 81.6 Å². The number of fused-ring (bicyclic) bond motifs is 1. The van der Waals surface area contributed by atoms with Crippen LogP contribution in [0.4, 0.5) is 0 Å². The molecule has 1 aliphatic carbocycles. The monoisotopic (exact) mass is 435 g/mol. The highest BCUT2D eigenvalue weighted by atomic mass is 32.2. The molecule has 3 heterocycles. The second-order valence-electron chi connectivity index (χ2n) is 10.1. The van der Waals surface area contributed by atoms with Crippen molar-refractivity contribution in [3.63, 3.8) is 0 Å². The lowest BCUT2D eigenvalue weighted by Crippen LogP contribution is -2.48. The summed E-state index contributed by atoms with van der Waals surface area (Å²) in [5.74, 6) is 2.00. The maximum Gasteiger partial charge on any atom is 0.150 e. The summed E-state index contributed by atoms with van der Waals surface area (Å²) in [5.41, 5.74) is 1.37. The van der Waals surface area contributed by atoms with Gasteiger partial charge in [0, 0.05) is 22.3 Å². The molecule has 7 heteroatoms. The highest BCUT2D eigenvalue weighted by Crippen LogP contribution is 2.45. The lowest BCUT2D eigenvalue weighted by molar-refractivity contribution is 0.226. The quantitative estimate of drug-likeness (QED) is 0.751. The number of hydrogen-bond donors (Lipinski definition) is 1. The molecule has 4 rings (SSSR count). The topological polar surface area (TPSA) is 72.0 Å². The standard InChI is InChI=1S/C22H33N3O2S2/c1-15-24-18(14-23-22(4)9-11-29(26,27)12-10-22)17-13-19(28-20(17)25-15)16-5-7-21(2,3)8-6-16/h13,16,23H,5-12,14H2,1-4H3. The molecular formula is C22H33N3O2S2.